The van der Waals surface area contributed by atoms with Gasteiger partial charge in [-0.25, -0.2) is 0 Å². The van der Waals surface area contributed by atoms with Gasteiger partial charge in [-0.1, -0.05) is 0 Å². The normalized spacial score (nSPS) is 22.5. The Balaban J connectivity index is 1.86. The second-order valence-corrected chi connectivity index (χ2v) is 4.42. The van der Waals surface area contributed by atoms with Crippen molar-refractivity contribution in [1.82, 2.24) is 9.78 Å². The molecule has 0 radical (unpaired) electrons. The SMILES string of the molecule is Nc1cnn(C(C2CC2)C2CC2)c1. The Labute approximate surface area is 77.9 Å². The largest absolute Gasteiger partial charge is 0.396 e. The number of nitrogens with two attached hydrogens (primary N) is 1. The van der Waals surface area contributed by atoms with Crippen LogP contribution in [-0.4, -0.2) is 9.78 Å². The predicted octanol–water partition coefficient (Wildman–Crippen LogP) is 1.83. The van der Waals surface area contributed by atoms with E-state index in [0.717, 1.165) is 17.5 Å². The molecule has 0 atom stereocenters. The van der Waals surface area contributed by atoms with Gasteiger partial charge >= 0.3 is 0 Å². The number of anilines is 1. The average molecular weight is 177 g/mol. The molecule has 0 aromatic carbocycles. The van der Waals surface area contributed by atoms with Gasteiger partial charge in [0.1, 0.15) is 0 Å². The monoisotopic (exact) mass is 177 g/mol. The Morgan fingerprint density at radius 1 is 1.31 bits per heavy atom. The van der Waals surface area contributed by atoms with Crippen LogP contribution in [0.3, 0.4) is 0 Å². The number of nitrogen functional groups attached to an aromatic ring is 1. The molecular weight excluding hydrogens is 162 g/mol. The molecule has 0 bridgehead atoms. The Morgan fingerprint density at radius 2 is 1.92 bits per heavy atom. The lowest BCUT2D eigenvalue weighted by atomic mass is 10.1. The van der Waals surface area contributed by atoms with Gasteiger partial charge in [0.15, 0.2) is 0 Å². The van der Waals surface area contributed by atoms with Crippen molar-refractivity contribution in [3.05, 3.63) is 12.4 Å². The fourth-order valence-corrected chi connectivity index (χ4v) is 2.21. The summed E-state index contributed by atoms with van der Waals surface area (Å²) in [6.07, 6.45) is 9.31. The van der Waals surface area contributed by atoms with Crippen LogP contribution in [0.5, 0.6) is 0 Å². The Bertz CT molecular complexity index is 298. The molecule has 2 aliphatic rings. The predicted molar refractivity (Wildman–Crippen MR) is 51.1 cm³/mol. The van der Waals surface area contributed by atoms with Crippen molar-refractivity contribution in [3.63, 3.8) is 0 Å². The minimum absolute atomic E-state index is 0.664. The zero-order chi connectivity index (χ0) is 8.84. The summed E-state index contributed by atoms with van der Waals surface area (Å²) in [5, 5.41) is 4.33. The summed E-state index contributed by atoms with van der Waals surface area (Å²) in [5.74, 6) is 1.79. The maximum absolute atomic E-state index is 5.67. The first-order valence-corrected chi connectivity index (χ1v) is 5.14. The van der Waals surface area contributed by atoms with Crippen molar-refractivity contribution < 1.29 is 0 Å². The molecule has 1 aromatic heterocycles. The molecule has 3 rings (SSSR count). The van der Waals surface area contributed by atoms with E-state index in [1.165, 1.54) is 25.7 Å². The van der Waals surface area contributed by atoms with E-state index < -0.39 is 0 Å². The third kappa shape index (κ3) is 1.32. The van der Waals surface area contributed by atoms with Crippen molar-refractivity contribution in [1.29, 1.82) is 0 Å². The van der Waals surface area contributed by atoms with E-state index in [2.05, 4.69) is 9.78 Å². The molecule has 2 fully saturated rings. The van der Waals surface area contributed by atoms with Crippen LogP contribution in [0.2, 0.25) is 0 Å². The van der Waals surface area contributed by atoms with Crippen LogP contribution in [0.25, 0.3) is 0 Å². The highest BCUT2D eigenvalue weighted by molar-refractivity contribution is 5.30. The summed E-state index contributed by atoms with van der Waals surface area (Å²) in [6.45, 7) is 0. The van der Waals surface area contributed by atoms with Crippen molar-refractivity contribution in [2.45, 2.75) is 31.7 Å². The van der Waals surface area contributed by atoms with E-state index in [9.17, 15) is 0 Å². The highest BCUT2D eigenvalue weighted by Crippen LogP contribution is 2.51. The maximum atomic E-state index is 5.67. The summed E-state index contributed by atoms with van der Waals surface area (Å²) in [4.78, 5) is 0. The smallest absolute Gasteiger partial charge is 0.0719 e. The van der Waals surface area contributed by atoms with Crippen LogP contribution in [0.15, 0.2) is 12.4 Å². The quantitative estimate of drug-likeness (QED) is 0.765. The van der Waals surface area contributed by atoms with Crippen LogP contribution in [-0.2, 0) is 0 Å². The van der Waals surface area contributed by atoms with Gasteiger partial charge in [0.05, 0.1) is 17.9 Å². The molecule has 13 heavy (non-hydrogen) atoms. The van der Waals surface area contributed by atoms with Crippen molar-refractivity contribution in [2.75, 3.05) is 5.73 Å². The molecule has 0 unspecified atom stereocenters. The summed E-state index contributed by atoms with van der Waals surface area (Å²) in [7, 11) is 0. The molecule has 2 aliphatic carbocycles. The highest BCUT2D eigenvalue weighted by Gasteiger charge is 2.42. The van der Waals surface area contributed by atoms with E-state index in [1.807, 2.05) is 6.20 Å². The maximum Gasteiger partial charge on any atom is 0.0719 e. The third-order valence-corrected chi connectivity index (χ3v) is 3.14. The number of nitrogens with zero attached hydrogens (tertiary/aromatic N) is 2. The van der Waals surface area contributed by atoms with E-state index in [-0.39, 0.29) is 0 Å². The Hall–Kier alpha value is -0.990. The highest BCUT2D eigenvalue weighted by atomic mass is 15.3. The molecule has 1 aromatic rings. The number of hydrogen-bond donors (Lipinski definition) is 1. The first-order valence-electron chi connectivity index (χ1n) is 5.14. The van der Waals surface area contributed by atoms with Crippen LogP contribution < -0.4 is 5.73 Å². The van der Waals surface area contributed by atoms with Gasteiger partial charge in [-0.05, 0) is 37.5 Å². The van der Waals surface area contributed by atoms with Crippen molar-refractivity contribution in [2.24, 2.45) is 11.8 Å². The first-order chi connectivity index (χ1) is 6.34. The van der Waals surface area contributed by atoms with Crippen LogP contribution in [0.4, 0.5) is 5.69 Å². The number of rotatable bonds is 3. The second kappa shape index (κ2) is 2.50. The lowest BCUT2D eigenvalue weighted by Gasteiger charge is -2.15. The molecule has 3 nitrogen and oxygen atoms in total. The van der Waals surface area contributed by atoms with E-state index >= 15 is 0 Å². The van der Waals surface area contributed by atoms with Crippen molar-refractivity contribution >= 4 is 5.69 Å². The van der Waals surface area contributed by atoms with Gasteiger partial charge in [0.2, 0.25) is 0 Å². The average Bonchev–Trinajstić information content (AvgIpc) is 2.95. The van der Waals surface area contributed by atoms with E-state index in [0.29, 0.717) is 6.04 Å². The van der Waals surface area contributed by atoms with E-state index in [4.69, 9.17) is 5.73 Å². The van der Waals surface area contributed by atoms with Crippen LogP contribution in [0.1, 0.15) is 31.7 Å². The number of aromatic nitrogens is 2. The second-order valence-electron chi connectivity index (χ2n) is 4.42. The van der Waals surface area contributed by atoms with Crippen LogP contribution >= 0.6 is 0 Å². The van der Waals surface area contributed by atoms with E-state index in [1.54, 1.807) is 6.20 Å². The standard InChI is InChI=1S/C10H15N3/c11-9-5-12-13(6-9)10(7-1-2-7)8-3-4-8/h5-8,10H,1-4,11H2. The molecule has 2 saturated carbocycles. The van der Waals surface area contributed by atoms with Gasteiger partial charge in [0.25, 0.3) is 0 Å². The third-order valence-electron chi connectivity index (χ3n) is 3.14. The molecule has 2 N–H and O–H groups in total. The van der Waals surface area contributed by atoms with Gasteiger partial charge in [-0.15, -0.1) is 0 Å². The topological polar surface area (TPSA) is 43.8 Å². The number of hydrogen-bond acceptors (Lipinski definition) is 2. The minimum atomic E-state index is 0.664. The van der Waals surface area contributed by atoms with Crippen LogP contribution in [0, 0.1) is 11.8 Å². The van der Waals surface area contributed by atoms with Gasteiger partial charge in [-0.3, -0.25) is 4.68 Å². The lowest BCUT2D eigenvalue weighted by Crippen LogP contribution is -2.13. The fraction of sp³-hybridized carbons (Fsp3) is 0.700. The molecule has 0 amide bonds. The molecule has 1 heterocycles. The molecule has 3 heteroatoms. The van der Waals surface area contributed by atoms with Gasteiger partial charge < -0.3 is 5.73 Å². The minimum Gasteiger partial charge on any atom is -0.396 e. The van der Waals surface area contributed by atoms with Gasteiger partial charge in [-0.2, -0.15) is 5.10 Å². The van der Waals surface area contributed by atoms with Crippen molar-refractivity contribution in [3.8, 4) is 0 Å². The molecule has 70 valence electrons. The molecule has 0 spiro atoms. The molecule has 0 saturated heterocycles. The molecule has 0 aliphatic heterocycles. The summed E-state index contributed by atoms with van der Waals surface area (Å²) >= 11 is 0. The molecular formula is C10H15N3. The Kier molecular flexibility index (Phi) is 1.43. The summed E-state index contributed by atoms with van der Waals surface area (Å²) in [6, 6.07) is 0.664. The van der Waals surface area contributed by atoms with Gasteiger partial charge in [0, 0.05) is 6.20 Å². The summed E-state index contributed by atoms with van der Waals surface area (Å²) in [5.41, 5.74) is 6.47. The summed E-state index contributed by atoms with van der Waals surface area (Å²) < 4.78 is 2.10. The Morgan fingerprint density at radius 3 is 2.31 bits per heavy atom. The zero-order valence-electron chi connectivity index (χ0n) is 7.69. The first kappa shape index (κ1) is 7.42. The zero-order valence-corrected chi connectivity index (χ0v) is 7.69. The fourth-order valence-electron chi connectivity index (χ4n) is 2.21. The lowest BCUT2D eigenvalue weighted by molar-refractivity contribution is 0.361.